The summed E-state index contributed by atoms with van der Waals surface area (Å²) in [6, 6.07) is 0. The second-order valence-electron chi connectivity index (χ2n) is 6.58. The van der Waals surface area contributed by atoms with Crippen molar-refractivity contribution in [2.45, 2.75) is 32.8 Å². The molecular weight excluding hydrogens is 272 g/mol. The Morgan fingerprint density at radius 1 is 0.857 bits per heavy atom. The van der Waals surface area contributed by atoms with Crippen molar-refractivity contribution in [1.29, 1.82) is 0 Å². The summed E-state index contributed by atoms with van der Waals surface area (Å²) in [4.78, 5) is 0. The number of rotatable bonds is 11. The predicted octanol–water partition coefficient (Wildman–Crippen LogP) is 1.89. The van der Waals surface area contributed by atoms with Crippen LogP contribution in [0.5, 0.6) is 0 Å². The van der Waals surface area contributed by atoms with E-state index >= 15 is 0 Å². The fourth-order valence-electron chi connectivity index (χ4n) is 2.56. The molecule has 0 aromatic heterocycles. The molecule has 0 unspecified atom stereocenters. The van der Waals surface area contributed by atoms with Gasteiger partial charge in [-0.1, -0.05) is 13.8 Å². The van der Waals surface area contributed by atoms with Crippen molar-refractivity contribution in [3.8, 4) is 0 Å². The van der Waals surface area contributed by atoms with E-state index in [0.29, 0.717) is 13.2 Å². The highest BCUT2D eigenvalue weighted by Crippen LogP contribution is 2.32. The number of ether oxygens (including phenoxy) is 5. The minimum absolute atomic E-state index is 0.00481. The monoisotopic (exact) mass is 302 g/mol. The van der Waals surface area contributed by atoms with Crippen LogP contribution in [-0.4, -0.2) is 66.1 Å². The molecule has 0 atom stereocenters. The van der Waals surface area contributed by atoms with Crippen LogP contribution in [0.25, 0.3) is 0 Å². The van der Waals surface area contributed by atoms with Crippen molar-refractivity contribution in [1.82, 2.24) is 0 Å². The molecule has 0 N–H and O–H groups in total. The first kappa shape index (κ1) is 17.2. The Morgan fingerprint density at radius 2 is 1.29 bits per heavy atom. The quantitative estimate of drug-likeness (QED) is 0.583. The summed E-state index contributed by atoms with van der Waals surface area (Å²) in [5.41, 5.74) is 0.462. The molecule has 0 saturated carbocycles. The molecule has 2 heterocycles. The molecule has 0 spiro atoms. The summed E-state index contributed by atoms with van der Waals surface area (Å²) in [6.45, 7) is 10.3. The lowest BCUT2D eigenvalue weighted by Crippen LogP contribution is -2.47. The lowest BCUT2D eigenvalue weighted by molar-refractivity contribution is -0.169. The van der Waals surface area contributed by atoms with E-state index in [9.17, 15) is 0 Å². The molecular formula is C16H30O5. The van der Waals surface area contributed by atoms with Crippen LogP contribution in [0.3, 0.4) is 0 Å². The summed E-state index contributed by atoms with van der Waals surface area (Å²) in [6.07, 6.45) is 2.19. The average Bonchev–Trinajstić information content (AvgIpc) is 2.42. The minimum atomic E-state index is -0.00481. The molecule has 5 nitrogen and oxygen atoms in total. The standard InChI is InChI=1S/C16H30O5/c1-4-15(10-20-11-15)8-18-6-14(17-3)7-19-9-16(5-2)12-21-13-16/h14H,4-13H2,1-3H3. The Labute approximate surface area is 128 Å². The second kappa shape index (κ2) is 7.88. The Hall–Kier alpha value is -0.200. The first-order valence-corrected chi connectivity index (χ1v) is 8.01. The molecule has 2 aliphatic rings. The van der Waals surface area contributed by atoms with Gasteiger partial charge in [-0.05, 0) is 12.8 Å². The molecule has 2 aliphatic heterocycles. The van der Waals surface area contributed by atoms with Crippen LogP contribution in [0.1, 0.15) is 26.7 Å². The van der Waals surface area contributed by atoms with Crippen molar-refractivity contribution in [2.75, 3.05) is 60.0 Å². The van der Waals surface area contributed by atoms with E-state index in [4.69, 9.17) is 23.7 Å². The third kappa shape index (κ3) is 4.39. The maximum atomic E-state index is 5.82. The maximum Gasteiger partial charge on any atom is 0.104 e. The Kier molecular flexibility index (Phi) is 6.44. The van der Waals surface area contributed by atoms with Gasteiger partial charge in [-0.3, -0.25) is 0 Å². The molecule has 0 aromatic carbocycles. The van der Waals surface area contributed by atoms with Crippen LogP contribution < -0.4 is 0 Å². The van der Waals surface area contributed by atoms with Gasteiger partial charge >= 0.3 is 0 Å². The van der Waals surface area contributed by atoms with Gasteiger partial charge in [-0.15, -0.1) is 0 Å². The van der Waals surface area contributed by atoms with Gasteiger partial charge in [0.25, 0.3) is 0 Å². The molecule has 2 saturated heterocycles. The smallest absolute Gasteiger partial charge is 0.104 e. The highest BCUT2D eigenvalue weighted by molar-refractivity contribution is 4.85. The second-order valence-corrected chi connectivity index (χ2v) is 6.58. The van der Waals surface area contributed by atoms with E-state index < -0.39 is 0 Å². The molecule has 124 valence electrons. The zero-order chi connectivity index (χ0) is 15.2. The lowest BCUT2D eigenvalue weighted by Gasteiger charge is -2.41. The van der Waals surface area contributed by atoms with Crippen LogP contribution in [0.4, 0.5) is 0 Å². The fourth-order valence-corrected chi connectivity index (χ4v) is 2.56. The average molecular weight is 302 g/mol. The van der Waals surface area contributed by atoms with E-state index in [1.165, 1.54) is 0 Å². The van der Waals surface area contributed by atoms with Crippen molar-refractivity contribution in [3.05, 3.63) is 0 Å². The van der Waals surface area contributed by atoms with Crippen LogP contribution in [0.2, 0.25) is 0 Å². The predicted molar refractivity (Wildman–Crippen MR) is 79.5 cm³/mol. The first-order valence-electron chi connectivity index (χ1n) is 8.01. The topological polar surface area (TPSA) is 46.2 Å². The van der Waals surface area contributed by atoms with Crippen molar-refractivity contribution in [3.63, 3.8) is 0 Å². The summed E-state index contributed by atoms with van der Waals surface area (Å²) in [7, 11) is 1.71. The van der Waals surface area contributed by atoms with Gasteiger partial charge in [0.15, 0.2) is 0 Å². The van der Waals surface area contributed by atoms with Crippen molar-refractivity contribution < 1.29 is 23.7 Å². The normalized spacial score (nSPS) is 22.9. The molecule has 0 aromatic rings. The summed E-state index contributed by atoms with van der Waals surface area (Å²) in [5.74, 6) is 0. The summed E-state index contributed by atoms with van der Waals surface area (Å²) >= 11 is 0. The van der Waals surface area contributed by atoms with Gasteiger partial charge in [-0.25, -0.2) is 0 Å². The molecule has 5 heteroatoms. The largest absolute Gasteiger partial charge is 0.380 e. The van der Waals surface area contributed by atoms with Crippen molar-refractivity contribution >= 4 is 0 Å². The van der Waals surface area contributed by atoms with Gasteiger partial charge in [0.1, 0.15) is 6.10 Å². The van der Waals surface area contributed by atoms with Crippen LogP contribution in [-0.2, 0) is 23.7 Å². The lowest BCUT2D eigenvalue weighted by atomic mass is 9.84. The third-order valence-corrected chi connectivity index (χ3v) is 4.89. The molecule has 0 amide bonds. The summed E-state index contributed by atoms with van der Waals surface area (Å²) < 4.78 is 27.7. The Balaban J connectivity index is 1.59. The minimum Gasteiger partial charge on any atom is -0.380 e. The third-order valence-electron chi connectivity index (χ3n) is 4.89. The van der Waals surface area contributed by atoms with Crippen LogP contribution >= 0.6 is 0 Å². The van der Waals surface area contributed by atoms with Gasteiger partial charge in [0.05, 0.1) is 52.9 Å². The molecule has 0 aliphatic carbocycles. The van der Waals surface area contributed by atoms with E-state index in [1.807, 2.05) is 0 Å². The zero-order valence-corrected chi connectivity index (χ0v) is 13.7. The highest BCUT2D eigenvalue weighted by atomic mass is 16.6. The fraction of sp³-hybridized carbons (Fsp3) is 1.00. The first-order chi connectivity index (χ1) is 10.2. The number of hydrogen-bond donors (Lipinski definition) is 0. The highest BCUT2D eigenvalue weighted by Gasteiger charge is 2.38. The number of hydrogen-bond acceptors (Lipinski definition) is 5. The molecule has 2 rings (SSSR count). The number of methoxy groups -OCH3 is 1. The molecule has 0 bridgehead atoms. The van der Waals surface area contributed by atoms with E-state index in [2.05, 4.69) is 13.8 Å². The van der Waals surface area contributed by atoms with Gasteiger partial charge < -0.3 is 23.7 Å². The van der Waals surface area contributed by atoms with E-state index in [1.54, 1.807) is 7.11 Å². The van der Waals surface area contributed by atoms with Crippen LogP contribution in [0.15, 0.2) is 0 Å². The molecule has 2 fully saturated rings. The Bertz CT molecular complexity index is 260. The van der Waals surface area contributed by atoms with E-state index in [-0.39, 0.29) is 16.9 Å². The van der Waals surface area contributed by atoms with Crippen LogP contribution in [0, 0.1) is 10.8 Å². The van der Waals surface area contributed by atoms with E-state index in [0.717, 1.165) is 52.5 Å². The molecule has 21 heavy (non-hydrogen) atoms. The summed E-state index contributed by atoms with van der Waals surface area (Å²) in [5, 5.41) is 0. The SMILES string of the molecule is CCC1(COCC(COCC2(CC)COC2)OC)COC1. The molecule has 0 radical (unpaired) electrons. The van der Waals surface area contributed by atoms with Gasteiger partial charge in [0, 0.05) is 17.9 Å². The Morgan fingerprint density at radius 3 is 1.52 bits per heavy atom. The van der Waals surface area contributed by atoms with Gasteiger partial charge in [-0.2, -0.15) is 0 Å². The van der Waals surface area contributed by atoms with Gasteiger partial charge in [0.2, 0.25) is 0 Å². The maximum absolute atomic E-state index is 5.82. The van der Waals surface area contributed by atoms with Crippen molar-refractivity contribution in [2.24, 2.45) is 10.8 Å². The zero-order valence-electron chi connectivity index (χ0n) is 13.7.